The monoisotopic (exact) mass is 400 g/mol. The zero-order chi connectivity index (χ0) is 19.8. The minimum atomic E-state index is -0.00910. The maximum absolute atomic E-state index is 13.5. The summed E-state index contributed by atoms with van der Waals surface area (Å²) >= 11 is 0. The molecule has 4 heteroatoms. The number of carbonyl (C=O) groups is 2. The van der Waals surface area contributed by atoms with Gasteiger partial charge in [-0.05, 0) is 81.5 Å². The number of rotatable bonds is 5. The second kappa shape index (κ2) is 8.23. The van der Waals surface area contributed by atoms with Crippen LogP contribution in [0.5, 0.6) is 0 Å². The summed E-state index contributed by atoms with van der Waals surface area (Å²) in [6, 6.07) is 0.272. The average molecular weight is 401 g/mol. The lowest BCUT2D eigenvalue weighted by atomic mass is 9.49. The van der Waals surface area contributed by atoms with E-state index in [9.17, 15) is 9.59 Å². The minimum absolute atomic E-state index is 0.00910. The van der Waals surface area contributed by atoms with Gasteiger partial charge in [0.25, 0.3) is 0 Å². The van der Waals surface area contributed by atoms with Gasteiger partial charge in [-0.1, -0.05) is 32.1 Å². The van der Waals surface area contributed by atoms with Crippen LogP contribution < -0.4 is 5.32 Å². The van der Waals surface area contributed by atoms with Gasteiger partial charge in [-0.2, -0.15) is 0 Å². The highest BCUT2D eigenvalue weighted by molar-refractivity contribution is 5.83. The molecule has 6 rings (SSSR count). The molecule has 1 N–H and O–H groups in total. The van der Waals surface area contributed by atoms with Crippen molar-refractivity contribution in [2.24, 2.45) is 29.1 Å². The van der Waals surface area contributed by atoms with Crippen LogP contribution in [-0.2, 0) is 9.59 Å². The molecule has 0 unspecified atom stereocenters. The predicted octanol–water partition coefficient (Wildman–Crippen LogP) is 4.67. The van der Waals surface area contributed by atoms with Crippen molar-refractivity contribution < 1.29 is 9.59 Å². The molecule has 1 heterocycles. The van der Waals surface area contributed by atoms with E-state index in [0.717, 1.165) is 75.3 Å². The summed E-state index contributed by atoms with van der Waals surface area (Å²) in [5, 5.41) is 3.28. The largest absolute Gasteiger partial charge is 0.353 e. The highest BCUT2D eigenvalue weighted by Gasteiger charge is 2.55. The Labute approximate surface area is 176 Å². The summed E-state index contributed by atoms with van der Waals surface area (Å²) in [5.74, 6) is 3.96. The van der Waals surface area contributed by atoms with Crippen LogP contribution in [0.15, 0.2) is 0 Å². The molecule has 6 aliphatic rings. The number of hydrogen-bond acceptors (Lipinski definition) is 2. The van der Waals surface area contributed by atoms with E-state index in [2.05, 4.69) is 10.2 Å². The van der Waals surface area contributed by atoms with Crippen LogP contribution >= 0.6 is 0 Å². The normalized spacial score (nSPS) is 37.7. The van der Waals surface area contributed by atoms with Crippen LogP contribution in [-0.4, -0.2) is 35.8 Å². The third-order valence-electron chi connectivity index (χ3n) is 9.14. The number of nitrogens with one attached hydrogen (secondary N) is 1. The minimum Gasteiger partial charge on any atom is -0.353 e. The summed E-state index contributed by atoms with van der Waals surface area (Å²) in [4.78, 5) is 28.1. The smallest absolute Gasteiger partial charge is 0.228 e. The molecule has 162 valence electrons. The van der Waals surface area contributed by atoms with Gasteiger partial charge in [0.05, 0.1) is 5.41 Å². The van der Waals surface area contributed by atoms with Crippen molar-refractivity contribution >= 4 is 11.8 Å². The SMILES string of the molecule is O=C(CCC1CCCCC1)NC1CCN(C(=O)C23CC4CC(CC(C4)C2)C3)CC1. The fourth-order valence-electron chi connectivity index (χ4n) is 8.05. The Kier molecular flexibility index (Phi) is 5.64. The van der Waals surface area contributed by atoms with E-state index in [1.807, 2.05) is 0 Å². The van der Waals surface area contributed by atoms with Crippen LogP contribution in [0, 0.1) is 29.1 Å². The molecule has 0 aromatic heterocycles. The molecule has 2 amide bonds. The lowest BCUT2D eigenvalue weighted by molar-refractivity contribution is -0.158. The molecule has 1 aliphatic heterocycles. The first-order valence-electron chi connectivity index (χ1n) is 12.7. The molecule has 0 aromatic rings. The third kappa shape index (κ3) is 4.23. The Morgan fingerprint density at radius 3 is 2.00 bits per heavy atom. The van der Waals surface area contributed by atoms with Crippen LogP contribution in [0.2, 0.25) is 0 Å². The van der Waals surface area contributed by atoms with Gasteiger partial charge in [-0.3, -0.25) is 9.59 Å². The molecule has 0 spiro atoms. The average Bonchev–Trinajstić information content (AvgIpc) is 2.72. The van der Waals surface area contributed by atoms with Crippen molar-refractivity contribution in [3.8, 4) is 0 Å². The topological polar surface area (TPSA) is 49.4 Å². The lowest BCUT2D eigenvalue weighted by Crippen LogP contribution is -2.56. The van der Waals surface area contributed by atoms with Crippen molar-refractivity contribution in [1.82, 2.24) is 10.2 Å². The number of carbonyl (C=O) groups excluding carboxylic acids is 2. The molecule has 6 fully saturated rings. The van der Waals surface area contributed by atoms with Crippen molar-refractivity contribution in [2.45, 2.75) is 102 Å². The summed E-state index contributed by atoms with van der Waals surface area (Å²) < 4.78 is 0. The van der Waals surface area contributed by atoms with Gasteiger partial charge in [-0.15, -0.1) is 0 Å². The zero-order valence-corrected chi connectivity index (χ0v) is 18.2. The molecular formula is C25H40N2O2. The summed E-state index contributed by atoms with van der Waals surface area (Å²) in [6.07, 6.45) is 18.0. The highest BCUT2D eigenvalue weighted by atomic mass is 16.2. The first-order chi connectivity index (χ1) is 14.1. The molecule has 0 aromatic carbocycles. The van der Waals surface area contributed by atoms with E-state index in [1.54, 1.807) is 0 Å². The fourth-order valence-corrected chi connectivity index (χ4v) is 8.05. The van der Waals surface area contributed by atoms with Gasteiger partial charge in [-0.25, -0.2) is 0 Å². The predicted molar refractivity (Wildman–Crippen MR) is 114 cm³/mol. The Bertz CT molecular complexity index is 581. The van der Waals surface area contributed by atoms with Crippen LogP contribution in [0.25, 0.3) is 0 Å². The molecule has 4 nitrogen and oxygen atoms in total. The van der Waals surface area contributed by atoms with Gasteiger partial charge in [0.1, 0.15) is 0 Å². The number of nitrogens with zero attached hydrogens (tertiary/aromatic N) is 1. The Hall–Kier alpha value is -1.06. The number of piperidine rings is 1. The molecule has 4 bridgehead atoms. The van der Waals surface area contributed by atoms with E-state index in [1.165, 1.54) is 51.4 Å². The maximum atomic E-state index is 13.5. The molecule has 5 aliphatic carbocycles. The van der Waals surface area contributed by atoms with Crippen molar-refractivity contribution in [1.29, 1.82) is 0 Å². The fraction of sp³-hybridized carbons (Fsp3) is 0.920. The van der Waals surface area contributed by atoms with Crippen molar-refractivity contribution in [3.63, 3.8) is 0 Å². The Morgan fingerprint density at radius 1 is 0.828 bits per heavy atom. The van der Waals surface area contributed by atoms with Crippen molar-refractivity contribution in [2.75, 3.05) is 13.1 Å². The summed E-state index contributed by atoms with van der Waals surface area (Å²) in [6.45, 7) is 1.68. The summed E-state index contributed by atoms with van der Waals surface area (Å²) in [7, 11) is 0. The second-order valence-electron chi connectivity index (χ2n) is 11.4. The third-order valence-corrected chi connectivity index (χ3v) is 9.14. The quantitative estimate of drug-likeness (QED) is 0.729. The van der Waals surface area contributed by atoms with E-state index in [4.69, 9.17) is 0 Å². The molecule has 29 heavy (non-hydrogen) atoms. The molecule has 0 radical (unpaired) electrons. The number of likely N-dealkylation sites (tertiary alicyclic amines) is 1. The number of hydrogen-bond donors (Lipinski definition) is 1. The van der Waals surface area contributed by atoms with E-state index < -0.39 is 0 Å². The highest BCUT2D eigenvalue weighted by Crippen LogP contribution is 2.60. The zero-order valence-electron chi connectivity index (χ0n) is 18.2. The van der Waals surface area contributed by atoms with E-state index in [0.29, 0.717) is 12.3 Å². The lowest BCUT2D eigenvalue weighted by Gasteiger charge is -2.57. The van der Waals surface area contributed by atoms with Gasteiger partial charge >= 0.3 is 0 Å². The van der Waals surface area contributed by atoms with Crippen molar-refractivity contribution in [3.05, 3.63) is 0 Å². The standard InChI is InChI=1S/C25H40N2O2/c28-23(7-6-18-4-2-1-3-5-18)26-22-8-10-27(11-9-22)24(29)25-15-19-12-20(16-25)14-21(13-19)17-25/h18-22H,1-17H2,(H,26,28). The van der Waals surface area contributed by atoms with Gasteiger partial charge in [0.2, 0.25) is 11.8 Å². The Balaban J connectivity index is 1.07. The summed E-state index contributed by atoms with van der Waals surface area (Å²) in [5.41, 5.74) is -0.00910. The van der Waals surface area contributed by atoms with Crippen LogP contribution in [0.3, 0.4) is 0 Å². The number of amides is 2. The molecule has 5 saturated carbocycles. The molecular weight excluding hydrogens is 360 g/mol. The van der Waals surface area contributed by atoms with E-state index in [-0.39, 0.29) is 17.4 Å². The van der Waals surface area contributed by atoms with Gasteiger partial charge < -0.3 is 10.2 Å². The van der Waals surface area contributed by atoms with Gasteiger partial charge in [0, 0.05) is 25.6 Å². The van der Waals surface area contributed by atoms with Gasteiger partial charge in [0.15, 0.2) is 0 Å². The Morgan fingerprint density at radius 2 is 1.41 bits per heavy atom. The first kappa shape index (κ1) is 19.9. The second-order valence-corrected chi connectivity index (χ2v) is 11.4. The molecule has 1 saturated heterocycles. The first-order valence-corrected chi connectivity index (χ1v) is 12.7. The van der Waals surface area contributed by atoms with E-state index >= 15 is 0 Å². The maximum Gasteiger partial charge on any atom is 0.228 e. The van der Waals surface area contributed by atoms with Crippen LogP contribution in [0.1, 0.15) is 96.3 Å². The van der Waals surface area contributed by atoms with Crippen LogP contribution in [0.4, 0.5) is 0 Å². The molecule has 0 atom stereocenters.